The molecular weight excluding hydrogens is 292 g/mol. The standard InChI is InChI=1S/C17H24N4O2/c1-2-17(22)21-7-3-4-14(13-21)19-16-12-15(5-6-18-16)20-8-10-23-11-9-20/h2,5-6,12,14H,1,3-4,7-11,13H2,(H,18,19)/t14-/m1/s1. The molecule has 6 nitrogen and oxygen atoms in total. The Hall–Kier alpha value is -2.08. The number of ether oxygens (including phenoxy) is 1. The number of hydrogen-bond donors (Lipinski definition) is 1. The molecule has 1 amide bonds. The Bertz CT molecular complexity index is 557. The summed E-state index contributed by atoms with van der Waals surface area (Å²) in [6, 6.07) is 4.35. The van der Waals surface area contributed by atoms with Gasteiger partial charge in [-0.1, -0.05) is 6.58 Å². The second-order valence-electron chi connectivity index (χ2n) is 5.97. The first kappa shape index (κ1) is 15.8. The minimum Gasteiger partial charge on any atom is -0.378 e. The Morgan fingerprint density at radius 2 is 2.22 bits per heavy atom. The molecule has 0 aromatic carbocycles. The zero-order chi connectivity index (χ0) is 16.1. The summed E-state index contributed by atoms with van der Waals surface area (Å²) in [6.45, 7) is 8.44. The largest absolute Gasteiger partial charge is 0.378 e. The van der Waals surface area contributed by atoms with Crippen molar-refractivity contribution in [2.24, 2.45) is 0 Å². The Kier molecular flexibility index (Phi) is 5.12. The zero-order valence-electron chi connectivity index (χ0n) is 13.4. The second-order valence-corrected chi connectivity index (χ2v) is 5.97. The average Bonchev–Trinajstić information content (AvgIpc) is 2.62. The van der Waals surface area contributed by atoms with Crippen molar-refractivity contribution in [2.45, 2.75) is 18.9 Å². The number of hydrogen-bond acceptors (Lipinski definition) is 5. The van der Waals surface area contributed by atoms with Crippen molar-refractivity contribution in [1.82, 2.24) is 9.88 Å². The molecule has 2 aliphatic heterocycles. The highest BCUT2D eigenvalue weighted by molar-refractivity contribution is 5.87. The van der Waals surface area contributed by atoms with Crippen molar-refractivity contribution in [2.75, 3.05) is 49.6 Å². The van der Waals surface area contributed by atoms with Gasteiger partial charge in [-0.2, -0.15) is 0 Å². The molecule has 124 valence electrons. The normalized spacial score (nSPS) is 21.8. The topological polar surface area (TPSA) is 57.7 Å². The summed E-state index contributed by atoms with van der Waals surface area (Å²) in [7, 11) is 0. The first-order valence-electron chi connectivity index (χ1n) is 8.23. The lowest BCUT2D eigenvalue weighted by Crippen LogP contribution is -2.44. The fourth-order valence-corrected chi connectivity index (χ4v) is 3.15. The van der Waals surface area contributed by atoms with Crippen LogP contribution in [0.2, 0.25) is 0 Å². The third kappa shape index (κ3) is 4.01. The van der Waals surface area contributed by atoms with Crippen LogP contribution in [-0.2, 0) is 9.53 Å². The maximum absolute atomic E-state index is 11.8. The van der Waals surface area contributed by atoms with Gasteiger partial charge >= 0.3 is 0 Å². The molecule has 6 heteroatoms. The van der Waals surface area contributed by atoms with E-state index in [9.17, 15) is 4.79 Å². The predicted molar refractivity (Wildman–Crippen MR) is 90.7 cm³/mol. The number of piperidine rings is 1. The summed E-state index contributed by atoms with van der Waals surface area (Å²) >= 11 is 0. The van der Waals surface area contributed by atoms with Crippen molar-refractivity contribution in [3.8, 4) is 0 Å². The molecule has 2 fully saturated rings. The molecular formula is C17H24N4O2. The first-order valence-corrected chi connectivity index (χ1v) is 8.23. The SMILES string of the molecule is C=CC(=O)N1CCC[C@@H](Nc2cc(N3CCOCC3)ccn2)C1. The first-order chi connectivity index (χ1) is 11.3. The molecule has 3 rings (SSSR count). The number of rotatable bonds is 4. The molecule has 1 N–H and O–H groups in total. The third-order valence-electron chi connectivity index (χ3n) is 4.38. The van der Waals surface area contributed by atoms with Crippen LogP contribution < -0.4 is 10.2 Å². The Balaban J connectivity index is 1.63. The maximum Gasteiger partial charge on any atom is 0.246 e. The highest BCUT2D eigenvalue weighted by atomic mass is 16.5. The van der Waals surface area contributed by atoms with Gasteiger partial charge in [-0.05, 0) is 25.0 Å². The van der Waals surface area contributed by atoms with Gasteiger partial charge in [-0.3, -0.25) is 4.79 Å². The summed E-state index contributed by atoms with van der Waals surface area (Å²) in [6.07, 6.45) is 5.27. The summed E-state index contributed by atoms with van der Waals surface area (Å²) in [5, 5.41) is 3.47. The number of nitrogens with zero attached hydrogens (tertiary/aromatic N) is 3. The third-order valence-corrected chi connectivity index (χ3v) is 4.38. The van der Waals surface area contributed by atoms with Crippen LogP contribution in [0.15, 0.2) is 31.0 Å². The van der Waals surface area contributed by atoms with Crippen LogP contribution in [-0.4, -0.2) is 61.2 Å². The quantitative estimate of drug-likeness (QED) is 0.853. The van der Waals surface area contributed by atoms with Crippen LogP contribution in [0.5, 0.6) is 0 Å². The Morgan fingerprint density at radius 3 is 3.00 bits per heavy atom. The molecule has 3 heterocycles. The van der Waals surface area contributed by atoms with Crippen molar-refractivity contribution in [3.05, 3.63) is 31.0 Å². The molecule has 0 spiro atoms. The van der Waals surface area contributed by atoms with E-state index in [1.165, 1.54) is 11.8 Å². The smallest absolute Gasteiger partial charge is 0.246 e. The lowest BCUT2D eigenvalue weighted by molar-refractivity contribution is -0.127. The average molecular weight is 316 g/mol. The van der Waals surface area contributed by atoms with E-state index in [2.05, 4.69) is 27.8 Å². The van der Waals surface area contributed by atoms with Gasteiger partial charge in [0.1, 0.15) is 5.82 Å². The molecule has 1 aromatic rings. The molecule has 2 saturated heterocycles. The van der Waals surface area contributed by atoms with Crippen molar-refractivity contribution in [1.29, 1.82) is 0 Å². The highest BCUT2D eigenvalue weighted by Gasteiger charge is 2.22. The molecule has 0 aliphatic carbocycles. The number of likely N-dealkylation sites (tertiary alicyclic amines) is 1. The van der Waals surface area contributed by atoms with E-state index < -0.39 is 0 Å². The molecule has 0 radical (unpaired) electrons. The van der Waals surface area contributed by atoms with Gasteiger partial charge < -0.3 is 19.9 Å². The van der Waals surface area contributed by atoms with Crippen molar-refractivity contribution < 1.29 is 9.53 Å². The van der Waals surface area contributed by atoms with Gasteiger partial charge in [-0.15, -0.1) is 0 Å². The summed E-state index contributed by atoms with van der Waals surface area (Å²) < 4.78 is 5.40. The number of amides is 1. The predicted octanol–water partition coefficient (Wildman–Crippen LogP) is 1.51. The van der Waals surface area contributed by atoms with Crippen molar-refractivity contribution in [3.63, 3.8) is 0 Å². The van der Waals surface area contributed by atoms with Gasteiger partial charge in [0, 0.05) is 50.2 Å². The number of nitrogens with one attached hydrogen (secondary N) is 1. The molecule has 1 aromatic heterocycles. The molecule has 23 heavy (non-hydrogen) atoms. The highest BCUT2D eigenvalue weighted by Crippen LogP contribution is 2.21. The van der Waals surface area contributed by atoms with Crippen LogP contribution in [0.25, 0.3) is 0 Å². The van der Waals surface area contributed by atoms with Crippen LogP contribution in [0, 0.1) is 0 Å². The van der Waals surface area contributed by atoms with Crippen LogP contribution in [0.3, 0.4) is 0 Å². The lowest BCUT2D eigenvalue weighted by atomic mass is 10.1. The van der Waals surface area contributed by atoms with Gasteiger partial charge in [0.05, 0.1) is 13.2 Å². The van der Waals surface area contributed by atoms with E-state index in [4.69, 9.17) is 4.74 Å². The Labute approximate surface area is 137 Å². The van der Waals surface area contributed by atoms with E-state index in [0.29, 0.717) is 6.54 Å². The summed E-state index contributed by atoms with van der Waals surface area (Å²) in [5.41, 5.74) is 1.17. The molecule has 0 unspecified atom stereocenters. The van der Waals surface area contributed by atoms with Crippen molar-refractivity contribution >= 4 is 17.4 Å². The van der Waals surface area contributed by atoms with Crippen LogP contribution >= 0.6 is 0 Å². The second kappa shape index (κ2) is 7.46. The fraction of sp³-hybridized carbons (Fsp3) is 0.529. The van der Waals surface area contributed by atoms with Crippen LogP contribution in [0.4, 0.5) is 11.5 Å². The number of pyridine rings is 1. The molecule has 1 atom stereocenters. The number of carbonyl (C=O) groups excluding carboxylic acids is 1. The number of anilines is 2. The number of aromatic nitrogens is 1. The van der Waals surface area contributed by atoms with Gasteiger partial charge in [0.25, 0.3) is 0 Å². The minimum absolute atomic E-state index is 0.00604. The summed E-state index contributed by atoms with van der Waals surface area (Å²) in [4.78, 5) is 20.4. The van der Waals surface area contributed by atoms with Gasteiger partial charge in [0.2, 0.25) is 5.91 Å². The fourth-order valence-electron chi connectivity index (χ4n) is 3.15. The number of carbonyl (C=O) groups is 1. The van der Waals surface area contributed by atoms with Gasteiger partial charge in [0.15, 0.2) is 0 Å². The zero-order valence-corrected chi connectivity index (χ0v) is 13.4. The minimum atomic E-state index is 0.00604. The van der Waals surface area contributed by atoms with E-state index in [1.807, 2.05) is 17.2 Å². The van der Waals surface area contributed by atoms with E-state index in [-0.39, 0.29) is 11.9 Å². The van der Waals surface area contributed by atoms with Gasteiger partial charge in [-0.25, -0.2) is 4.98 Å². The van der Waals surface area contributed by atoms with E-state index in [0.717, 1.165) is 51.5 Å². The lowest BCUT2D eigenvalue weighted by Gasteiger charge is -2.33. The Morgan fingerprint density at radius 1 is 1.39 bits per heavy atom. The number of morpholine rings is 1. The van der Waals surface area contributed by atoms with E-state index in [1.54, 1.807) is 0 Å². The summed E-state index contributed by atoms with van der Waals surface area (Å²) in [5.74, 6) is 0.874. The maximum atomic E-state index is 11.8. The molecule has 0 bridgehead atoms. The van der Waals surface area contributed by atoms with E-state index >= 15 is 0 Å². The monoisotopic (exact) mass is 316 g/mol. The molecule has 0 saturated carbocycles. The van der Waals surface area contributed by atoms with Crippen LogP contribution in [0.1, 0.15) is 12.8 Å². The molecule has 2 aliphatic rings.